The lowest BCUT2D eigenvalue weighted by atomic mass is 10.1. The molecule has 0 saturated heterocycles. The largest absolute Gasteiger partial charge is 0.495 e. The molecule has 3 aromatic rings. The number of carbonyl (C=O) groups excluding carboxylic acids is 1. The summed E-state index contributed by atoms with van der Waals surface area (Å²) in [6.45, 7) is 6.04. The molecule has 7 heteroatoms. The fraction of sp³-hybridized carbons (Fsp3) is 0.231. The average Bonchev–Trinajstić information content (AvgIpc) is 2.80. The van der Waals surface area contributed by atoms with Gasteiger partial charge in [-0.15, -0.1) is 11.8 Å². The minimum atomic E-state index is -0.210. The van der Waals surface area contributed by atoms with E-state index in [9.17, 15) is 4.79 Å². The van der Waals surface area contributed by atoms with Gasteiger partial charge in [-0.2, -0.15) is 0 Å². The molecule has 33 heavy (non-hydrogen) atoms. The van der Waals surface area contributed by atoms with Crippen molar-refractivity contribution in [3.63, 3.8) is 0 Å². The number of ether oxygens (including phenoxy) is 1. The Balaban J connectivity index is 1.65. The third-order valence-corrected chi connectivity index (χ3v) is 6.68. The first-order chi connectivity index (χ1) is 15.9. The Hall–Kier alpha value is -3.03. The van der Waals surface area contributed by atoms with Crippen LogP contribution < -0.4 is 20.7 Å². The van der Waals surface area contributed by atoms with Gasteiger partial charge in [0.15, 0.2) is 5.11 Å². The number of benzene rings is 3. The number of carbonyl (C=O) groups is 1. The summed E-state index contributed by atoms with van der Waals surface area (Å²) in [5.74, 6) is 0.721. The maximum atomic E-state index is 13.0. The van der Waals surface area contributed by atoms with Crippen LogP contribution in [0.3, 0.4) is 0 Å². The average molecular weight is 480 g/mol. The van der Waals surface area contributed by atoms with Crippen molar-refractivity contribution >= 4 is 52.1 Å². The summed E-state index contributed by atoms with van der Waals surface area (Å²) >= 11 is 7.01. The van der Waals surface area contributed by atoms with E-state index in [1.807, 2.05) is 87.5 Å². The molecule has 0 bridgehead atoms. The van der Waals surface area contributed by atoms with Crippen molar-refractivity contribution in [2.45, 2.75) is 37.3 Å². The van der Waals surface area contributed by atoms with Gasteiger partial charge < -0.3 is 20.7 Å². The van der Waals surface area contributed by atoms with Gasteiger partial charge in [-0.3, -0.25) is 4.79 Å². The predicted molar refractivity (Wildman–Crippen MR) is 144 cm³/mol. The highest BCUT2D eigenvalue weighted by Crippen LogP contribution is 2.30. The predicted octanol–water partition coefficient (Wildman–Crippen LogP) is 6.63. The Bertz CT molecular complexity index is 1110. The van der Waals surface area contributed by atoms with Gasteiger partial charge in [0, 0.05) is 16.3 Å². The van der Waals surface area contributed by atoms with Gasteiger partial charge in [0.1, 0.15) is 5.75 Å². The number of hydrogen-bond donors (Lipinski definition) is 3. The molecule has 0 saturated carbocycles. The second kappa shape index (κ2) is 11.7. The summed E-state index contributed by atoms with van der Waals surface area (Å²) in [6.07, 6.45) is 0.715. The summed E-state index contributed by atoms with van der Waals surface area (Å²) in [5.41, 5.74) is 4.65. The molecule has 0 fully saturated rings. The van der Waals surface area contributed by atoms with E-state index in [0.717, 1.165) is 33.1 Å². The number of hydrogen-bond acceptors (Lipinski definition) is 4. The highest BCUT2D eigenvalue weighted by molar-refractivity contribution is 8.00. The first kappa shape index (κ1) is 24.6. The second-order valence-electron chi connectivity index (χ2n) is 7.58. The molecule has 3 rings (SSSR count). The SMILES string of the molecule is CCC(Sc1cccc(NC(=S)Nc2ccccc2OC)c1)C(=O)Nc1c(C)cccc1C. The van der Waals surface area contributed by atoms with E-state index in [2.05, 4.69) is 16.0 Å². The Labute approximate surface area is 205 Å². The standard InChI is InChI=1S/C26H29N3O2S2/c1-5-23(25(30)29-24-17(2)10-8-11-18(24)3)33-20-13-9-12-19(16-20)27-26(32)28-21-14-6-7-15-22(21)31-4/h6-16,23H,5H2,1-4H3,(H,29,30)(H2,27,28,32). The fourth-order valence-electron chi connectivity index (χ4n) is 3.38. The van der Waals surface area contributed by atoms with Crippen LogP contribution in [0.4, 0.5) is 17.1 Å². The second-order valence-corrected chi connectivity index (χ2v) is 9.26. The fourth-order valence-corrected chi connectivity index (χ4v) is 4.62. The van der Waals surface area contributed by atoms with Crippen LogP contribution in [0.2, 0.25) is 0 Å². The van der Waals surface area contributed by atoms with Crippen LogP contribution in [-0.4, -0.2) is 23.4 Å². The van der Waals surface area contributed by atoms with Crippen molar-refractivity contribution < 1.29 is 9.53 Å². The van der Waals surface area contributed by atoms with Crippen LogP contribution in [0.25, 0.3) is 0 Å². The number of para-hydroxylation sites is 3. The molecule has 0 radical (unpaired) electrons. The number of rotatable bonds is 8. The van der Waals surface area contributed by atoms with Crippen LogP contribution in [0, 0.1) is 13.8 Å². The molecular formula is C26H29N3O2S2. The zero-order valence-corrected chi connectivity index (χ0v) is 20.9. The normalized spacial score (nSPS) is 11.4. The molecule has 0 aliphatic carbocycles. The molecule has 5 nitrogen and oxygen atoms in total. The third-order valence-electron chi connectivity index (χ3n) is 5.12. The molecule has 3 N–H and O–H groups in total. The first-order valence-electron chi connectivity index (χ1n) is 10.8. The van der Waals surface area contributed by atoms with E-state index in [1.165, 1.54) is 0 Å². The van der Waals surface area contributed by atoms with Gasteiger partial charge in [0.25, 0.3) is 0 Å². The Morgan fingerprint density at radius 3 is 2.36 bits per heavy atom. The minimum Gasteiger partial charge on any atom is -0.495 e. The van der Waals surface area contributed by atoms with Crippen molar-refractivity contribution in [3.8, 4) is 5.75 Å². The smallest absolute Gasteiger partial charge is 0.237 e. The highest BCUT2D eigenvalue weighted by atomic mass is 32.2. The number of thiocarbonyl (C=S) groups is 1. The molecule has 172 valence electrons. The van der Waals surface area contributed by atoms with Crippen molar-refractivity contribution in [1.82, 2.24) is 0 Å². The molecule has 0 aliphatic heterocycles. The van der Waals surface area contributed by atoms with Crippen LogP contribution in [0.5, 0.6) is 5.75 Å². The molecule has 1 atom stereocenters. The molecule has 3 aromatic carbocycles. The summed E-state index contributed by atoms with van der Waals surface area (Å²) in [6, 6.07) is 21.5. The molecule has 0 aliphatic rings. The number of amides is 1. The van der Waals surface area contributed by atoms with Crippen molar-refractivity contribution in [2.24, 2.45) is 0 Å². The van der Waals surface area contributed by atoms with Crippen molar-refractivity contribution in [2.75, 3.05) is 23.1 Å². The number of anilines is 3. The highest BCUT2D eigenvalue weighted by Gasteiger charge is 2.19. The quantitative estimate of drug-likeness (QED) is 0.249. The van der Waals surface area contributed by atoms with E-state index in [1.54, 1.807) is 18.9 Å². The van der Waals surface area contributed by atoms with Crippen molar-refractivity contribution in [3.05, 3.63) is 77.9 Å². The van der Waals surface area contributed by atoms with E-state index in [0.29, 0.717) is 17.3 Å². The molecule has 0 heterocycles. The Morgan fingerprint density at radius 2 is 1.67 bits per heavy atom. The monoisotopic (exact) mass is 479 g/mol. The maximum Gasteiger partial charge on any atom is 0.237 e. The molecular weight excluding hydrogens is 450 g/mol. The van der Waals surface area contributed by atoms with Crippen molar-refractivity contribution in [1.29, 1.82) is 0 Å². The van der Waals surface area contributed by atoms with E-state index < -0.39 is 0 Å². The maximum absolute atomic E-state index is 13.0. The van der Waals surface area contributed by atoms with Crippen LogP contribution in [0.15, 0.2) is 71.6 Å². The number of thioether (sulfide) groups is 1. The van der Waals surface area contributed by atoms with Gasteiger partial charge in [-0.25, -0.2) is 0 Å². The molecule has 0 aromatic heterocycles. The molecule has 0 spiro atoms. The van der Waals surface area contributed by atoms with Gasteiger partial charge in [0.05, 0.1) is 18.0 Å². The van der Waals surface area contributed by atoms with E-state index >= 15 is 0 Å². The summed E-state index contributed by atoms with van der Waals surface area (Å²) in [4.78, 5) is 14.0. The molecule has 1 amide bonds. The Morgan fingerprint density at radius 1 is 0.970 bits per heavy atom. The van der Waals surface area contributed by atoms with Gasteiger partial charge in [0.2, 0.25) is 5.91 Å². The van der Waals surface area contributed by atoms with Crippen LogP contribution in [0.1, 0.15) is 24.5 Å². The lowest BCUT2D eigenvalue weighted by Crippen LogP contribution is -2.25. The van der Waals surface area contributed by atoms with Crippen LogP contribution in [-0.2, 0) is 4.79 Å². The minimum absolute atomic E-state index is 0.00613. The number of methoxy groups -OCH3 is 1. The summed E-state index contributed by atoms with van der Waals surface area (Å²) in [5, 5.41) is 9.74. The van der Waals surface area contributed by atoms with E-state index in [4.69, 9.17) is 17.0 Å². The zero-order chi connectivity index (χ0) is 23.8. The first-order valence-corrected chi connectivity index (χ1v) is 12.0. The van der Waals surface area contributed by atoms with Gasteiger partial charge in [-0.1, -0.05) is 43.3 Å². The zero-order valence-electron chi connectivity index (χ0n) is 19.3. The summed E-state index contributed by atoms with van der Waals surface area (Å²) < 4.78 is 5.36. The third kappa shape index (κ3) is 6.73. The topological polar surface area (TPSA) is 62.4 Å². The lowest BCUT2D eigenvalue weighted by molar-refractivity contribution is -0.115. The van der Waals surface area contributed by atoms with Gasteiger partial charge >= 0.3 is 0 Å². The van der Waals surface area contributed by atoms with Gasteiger partial charge in [-0.05, 0) is 73.9 Å². The Kier molecular flexibility index (Phi) is 8.74. The summed E-state index contributed by atoms with van der Waals surface area (Å²) in [7, 11) is 1.62. The lowest BCUT2D eigenvalue weighted by Gasteiger charge is -2.18. The van der Waals surface area contributed by atoms with E-state index in [-0.39, 0.29) is 11.2 Å². The van der Waals surface area contributed by atoms with Crippen LogP contribution >= 0.6 is 24.0 Å². The number of aryl methyl sites for hydroxylation is 2. The molecule has 1 unspecified atom stereocenters. The number of nitrogens with one attached hydrogen (secondary N) is 3.